The SMILES string of the molecule is Cc1ccc(S(=O)(=O)[C-](S(=O)(=O)C2CCCC2)S(=O)(=O)C2CCCC2)cc1. The second kappa shape index (κ2) is 7.48. The van der Waals surface area contributed by atoms with Crippen LogP contribution in [0.3, 0.4) is 0 Å². The summed E-state index contributed by atoms with van der Waals surface area (Å²) in [5, 5.41) is -1.88. The standard InChI is InChI=1S/C18H25O6S3/c1-14-10-12-17(13-11-14)27(23,24)18(25(19,20)15-6-2-3-7-15)26(21,22)16-8-4-5-9-16/h10-13,15-16H,2-9H2,1H3/q-1. The monoisotopic (exact) mass is 433 g/mol. The van der Waals surface area contributed by atoms with Crippen LogP contribution in [0.2, 0.25) is 0 Å². The Balaban J connectivity index is 2.16. The van der Waals surface area contributed by atoms with Gasteiger partial charge in [0.1, 0.15) is 0 Å². The molecule has 0 bridgehead atoms. The lowest BCUT2D eigenvalue weighted by Gasteiger charge is -2.35. The Bertz CT molecular complexity index is 934. The first-order chi connectivity index (χ1) is 12.6. The van der Waals surface area contributed by atoms with Crippen molar-refractivity contribution in [1.29, 1.82) is 0 Å². The number of hydrogen-bond acceptors (Lipinski definition) is 6. The lowest BCUT2D eigenvalue weighted by Crippen LogP contribution is -2.39. The molecule has 1 aromatic carbocycles. The zero-order valence-electron chi connectivity index (χ0n) is 15.3. The van der Waals surface area contributed by atoms with E-state index in [9.17, 15) is 25.3 Å². The Kier molecular flexibility index (Phi) is 5.76. The van der Waals surface area contributed by atoms with Crippen LogP contribution < -0.4 is 0 Å². The van der Waals surface area contributed by atoms with Crippen LogP contribution >= 0.6 is 0 Å². The molecule has 0 N–H and O–H groups in total. The van der Waals surface area contributed by atoms with Crippen molar-refractivity contribution < 1.29 is 25.3 Å². The highest BCUT2D eigenvalue weighted by atomic mass is 32.3. The van der Waals surface area contributed by atoms with Gasteiger partial charge in [-0.15, -0.1) is 0 Å². The molecule has 9 heteroatoms. The fourth-order valence-corrected chi connectivity index (χ4v) is 13.0. The average molecular weight is 434 g/mol. The van der Waals surface area contributed by atoms with Crippen LogP contribution in [0.4, 0.5) is 0 Å². The first-order valence-electron chi connectivity index (χ1n) is 9.24. The molecule has 0 unspecified atom stereocenters. The van der Waals surface area contributed by atoms with E-state index in [2.05, 4.69) is 0 Å². The minimum Gasteiger partial charge on any atom is -0.260 e. The Morgan fingerprint density at radius 1 is 0.704 bits per heavy atom. The molecule has 0 aromatic heterocycles. The molecule has 2 aliphatic carbocycles. The molecule has 0 atom stereocenters. The Morgan fingerprint density at radius 2 is 1.07 bits per heavy atom. The predicted molar refractivity (Wildman–Crippen MR) is 104 cm³/mol. The highest BCUT2D eigenvalue weighted by Gasteiger charge is 2.44. The highest BCUT2D eigenvalue weighted by molar-refractivity contribution is 8.29. The quantitative estimate of drug-likeness (QED) is 0.639. The Hall–Kier alpha value is -0.930. The van der Waals surface area contributed by atoms with E-state index in [-0.39, 0.29) is 4.90 Å². The molecule has 0 amide bonds. The maximum atomic E-state index is 13.3. The summed E-state index contributed by atoms with van der Waals surface area (Å²) in [5.74, 6) is 0. The van der Waals surface area contributed by atoms with E-state index in [0.717, 1.165) is 5.56 Å². The second-order valence-electron chi connectivity index (χ2n) is 7.47. The van der Waals surface area contributed by atoms with Crippen molar-refractivity contribution in [2.24, 2.45) is 0 Å². The fraction of sp³-hybridized carbons (Fsp3) is 0.611. The van der Waals surface area contributed by atoms with Crippen molar-refractivity contribution in [2.75, 3.05) is 0 Å². The van der Waals surface area contributed by atoms with Gasteiger partial charge in [0, 0.05) is 19.3 Å². The first kappa shape index (κ1) is 20.8. The van der Waals surface area contributed by atoms with Gasteiger partial charge in [0.15, 0.2) is 0 Å². The molecule has 0 spiro atoms. The molecule has 6 nitrogen and oxygen atoms in total. The molecule has 0 saturated heterocycles. The molecule has 27 heavy (non-hydrogen) atoms. The van der Waals surface area contributed by atoms with Crippen molar-refractivity contribution in [3.8, 4) is 0 Å². The van der Waals surface area contributed by atoms with Crippen LogP contribution in [-0.2, 0) is 29.5 Å². The van der Waals surface area contributed by atoms with Crippen LogP contribution in [0.25, 0.3) is 0 Å². The molecule has 3 rings (SSSR count). The summed E-state index contributed by atoms with van der Waals surface area (Å²) < 4.78 is 78.2. The number of hydrogen-bond donors (Lipinski definition) is 0. The van der Waals surface area contributed by atoms with E-state index >= 15 is 0 Å². The van der Waals surface area contributed by atoms with Gasteiger partial charge in [-0.2, -0.15) is 0 Å². The van der Waals surface area contributed by atoms with Crippen molar-refractivity contribution in [3.05, 3.63) is 33.7 Å². The van der Waals surface area contributed by atoms with Gasteiger partial charge in [0.2, 0.25) is 0 Å². The minimum absolute atomic E-state index is 0.286. The van der Waals surface area contributed by atoms with Crippen molar-refractivity contribution >= 4 is 29.5 Å². The molecular weight excluding hydrogens is 408 g/mol. The Morgan fingerprint density at radius 3 is 1.44 bits per heavy atom. The van der Waals surface area contributed by atoms with E-state index in [1.54, 1.807) is 6.92 Å². The zero-order chi connectivity index (χ0) is 19.9. The van der Waals surface area contributed by atoms with E-state index in [0.29, 0.717) is 51.4 Å². The zero-order valence-corrected chi connectivity index (χ0v) is 17.7. The third-order valence-corrected chi connectivity index (χ3v) is 14.6. The van der Waals surface area contributed by atoms with Crippen LogP contribution in [-0.4, -0.2) is 35.8 Å². The second-order valence-corrected chi connectivity index (χ2v) is 14.5. The van der Waals surface area contributed by atoms with Crippen molar-refractivity contribution in [3.63, 3.8) is 0 Å². The summed E-state index contributed by atoms with van der Waals surface area (Å²) in [6.07, 6.45) is 3.84. The van der Waals surface area contributed by atoms with E-state index in [1.807, 2.05) is 0 Å². The Labute approximate surface area is 162 Å². The van der Waals surface area contributed by atoms with E-state index < -0.39 is 43.9 Å². The molecule has 0 radical (unpaired) electrons. The molecule has 2 saturated carbocycles. The third kappa shape index (κ3) is 3.82. The smallest absolute Gasteiger partial charge is 0.0824 e. The summed E-state index contributed by atoms with van der Waals surface area (Å²) in [7, 11) is -13.6. The fourth-order valence-electron chi connectivity index (χ4n) is 3.95. The van der Waals surface area contributed by atoms with E-state index in [1.165, 1.54) is 24.3 Å². The van der Waals surface area contributed by atoms with Crippen LogP contribution in [0.15, 0.2) is 29.2 Å². The average Bonchev–Trinajstić information content (AvgIpc) is 3.29. The van der Waals surface area contributed by atoms with Gasteiger partial charge in [-0.1, -0.05) is 43.4 Å². The van der Waals surface area contributed by atoms with Gasteiger partial charge in [0.05, 0.1) is 29.5 Å². The van der Waals surface area contributed by atoms with Crippen LogP contribution in [0.1, 0.15) is 56.9 Å². The molecular formula is C18H25O6S3-. The van der Waals surface area contributed by atoms with Gasteiger partial charge >= 0.3 is 0 Å². The lowest BCUT2D eigenvalue weighted by molar-refractivity contribution is 0.569. The topological polar surface area (TPSA) is 102 Å². The molecule has 2 fully saturated rings. The predicted octanol–water partition coefficient (Wildman–Crippen LogP) is 2.93. The first-order valence-corrected chi connectivity index (χ1v) is 13.8. The van der Waals surface area contributed by atoms with Gasteiger partial charge in [-0.3, -0.25) is 25.3 Å². The summed E-state index contributed by atoms with van der Waals surface area (Å²) >= 11 is 0. The normalized spacial score (nSPS) is 20.5. The molecule has 1 aromatic rings. The number of benzene rings is 1. The van der Waals surface area contributed by atoms with Gasteiger partial charge < -0.3 is 0 Å². The third-order valence-electron chi connectivity index (χ3n) is 5.50. The summed E-state index contributed by atoms with van der Waals surface area (Å²) in [4.78, 5) is -0.286. The van der Waals surface area contributed by atoms with Crippen molar-refractivity contribution in [1.82, 2.24) is 0 Å². The number of rotatable bonds is 6. The maximum Gasteiger partial charge on any atom is 0.0824 e. The summed E-state index contributed by atoms with van der Waals surface area (Å²) in [6.45, 7) is 1.77. The van der Waals surface area contributed by atoms with Gasteiger partial charge in [-0.25, -0.2) is 0 Å². The molecule has 152 valence electrons. The number of aryl methyl sites for hydroxylation is 1. The highest BCUT2D eigenvalue weighted by Crippen LogP contribution is 2.42. The van der Waals surface area contributed by atoms with Crippen LogP contribution in [0.5, 0.6) is 0 Å². The van der Waals surface area contributed by atoms with Crippen LogP contribution in [0, 0.1) is 10.8 Å². The van der Waals surface area contributed by atoms with Crippen molar-refractivity contribution in [2.45, 2.75) is 73.7 Å². The number of sulfone groups is 3. The molecule has 2 aliphatic rings. The minimum atomic E-state index is -4.67. The lowest BCUT2D eigenvalue weighted by atomic mass is 10.2. The molecule has 0 heterocycles. The summed E-state index contributed by atoms with van der Waals surface area (Å²) in [6, 6.07) is 5.63. The van der Waals surface area contributed by atoms with Gasteiger partial charge in [0.25, 0.3) is 0 Å². The van der Waals surface area contributed by atoms with Gasteiger partial charge in [-0.05, 0) is 44.7 Å². The molecule has 0 aliphatic heterocycles. The van der Waals surface area contributed by atoms with E-state index in [4.69, 9.17) is 0 Å². The summed E-state index contributed by atoms with van der Waals surface area (Å²) in [5.41, 5.74) is 0.799. The largest absolute Gasteiger partial charge is 0.260 e. The maximum absolute atomic E-state index is 13.3.